The van der Waals surface area contributed by atoms with E-state index >= 15 is 0 Å². The molecule has 1 saturated heterocycles. The van der Waals surface area contributed by atoms with Gasteiger partial charge in [-0.1, -0.05) is 13.3 Å². The molecule has 1 aliphatic rings. The van der Waals surface area contributed by atoms with E-state index in [0.29, 0.717) is 38.8 Å². The number of likely N-dealkylation sites (tertiary alicyclic amines) is 1. The van der Waals surface area contributed by atoms with Crippen LogP contribution in [-0.4, -0.2) is 53.1 Å². The van der Waals surface area contributed by atoms with Gasteiger partial charge in [-0.05, 0) is 26.2 Å². The van der Waals surface area contributed by atoms with E-state index in [1.165, 1.54) is 0 Å². The number of rotatable bonds is 5. The lowest BCUT2D eigenvalue weighted by atomic mass is 9.75. The number of aliphatic carboxylic acids is 1. The van der Waals surface area contributed by atoms with Crippen LogP contribution in [0.3, 0.4) is 0 Å². The highest BCUT2D eigenvalue weighted by atomic mass is 16.4. The Morgan fingerprint density at radius 2 is 2.00 bits per heavy atom. The zero-order valence-corrected chi connectivity index (χ0v) is 13.1. The van der Waals surface area contributed by atoms with Crippen molar-refractivity contribution in [2.45, 2.75) is 52.0 Å². The zero-order valence-electron chi connectivity index (χ0n) is 13.1. The quantitative estimate of drug-likeness (QED) is 0.843. The summed E-state index contributed by atoms with van der Waals surface area (Å²) in [6, 6.07) is 1.81. The van der Waals surface area contributed by atoms with Gasteiger partial charge in [0, 0.05) is 26.2 Å². The van der Waals surface area contributed by atoms with Crippen LogP contribution >= 0.6 is 0 Å². The molecule has 0 bridgehead atoms. The largest absolute Gasteiger partial charge is 0.481 e. The van der Waals surface area contributed by atoms with E-state index in [9.17, 15) is 14.7 Å². The molecule has 1 atom stereocenters. The van der Waals surface area contributed by atoms with Crippen molar-refractivity contribution in [1.29, 1.82) is 5.26 Å². The van der Waals surface area contributed by atoms with E-state index in [1.54, 1.807) is 16.8 Å². The van der Waals surface area contributed by atoms with Crippen molar-refractivity contribution in [2.24, 2.45) is 5.41 Å². The topological polar surface area (TPSA) is 84.6 Å². The van der Waals surface area contributed by atoms with E-state index < -0.39 is 11.4 Å². The van der Waals surface area contributed by atoms with Crippen LogP contribution in [0.4, 0.5) is 4.79 Å². The zero-order chi connectivity index (χ0) is 16.0. The lowest BCUT2D eigenvalue weighted by Gasteiger charge is -2.40. The molecule has 0 radical (unpaired) electrons. The maximum Gasteiger partial charge on any atom is 0.320 e. The Hall–Kier alpha value is -1.77. The predicted octanol–water partition coefficient (Wildman–Crippen LogP) is 2.31. The highest BCUT2D eigenvalue weighted by Crippen LogP contribution is 2.36. The smallest absolute Gasteiger partial charge is 0.320 e. The Labute approximate surface area is 126 Å². The lowest BCUT2D eigenvalue weighted by molar-refractivity contribution is -0.152. The van der Waals surface area contributed by atoms with Crippen molar-refractivity contribution >= 4 is 12.0 Å². The van der Waals surface area contributed by atoms with Gasteiger partial charge in [0.2, 0.25) is 0 Å². The standard InChI is InChI=1S/C15H25N3O3/c1-4-6-15(13(19)20)7-10-18(11-8-15)14(21)17(3)12(2)5-9-16/h12H,4-8,10-11H2,1-3H3,(H,19,20). The molecule has 0 aromatic rings. The number of nitriles is 1. The molecule has 118 valence electrons. The summed E-state index contributed by atoms with van der Waals surface area (Å²) in [5.74, 6) is -0.748. The molecule has 6 heteroatoms. The van der Waals surface area contributed by atoms with Gasteiger partial charge in [0.15, 0.2) is 0 Å². The fourth-order valence-electron chi connectivity index (χ4n) is 2.86. The molecule has 1 fully saturated rings. The predicted molar refractivity (Wildman–Crippen MR) is 78.6 cm³/mol. The number of amides is 2. The number of hydrogen-bond donors (Lipinski definition) is 1. The van der Waals surface area contributed by atoms with Crippen LogP contribution in [-0.2, 0) is 4.79 Å². The molecule has 0 saturated carbocycles. The summed E-state index contributed by atoms with van der Waals surface area (Å²) in [5.41, 5.74) is -0.678. The van der Waals surface area contributed by atoms with Crippen molar-refractivity contribution in [1.82, 2.24) is 9.80 Å². The Bertz CT molecular complexity index is 422. The summed E-state index contributed by atoms with van der Waals surface area (Å²) in [7, 11) is 1.69. The third-order valence-electron chi connectivity index (χ3n) is 4.52. The fraction of sp³-hybridized carbons (Fsp3) is 0.800. The summed E-state index contributed by atoms with van der Waals surface area (Å²) in [6.45, 7) is 4.76. The van der Waals surface area contributed by atoms with Crippen molar-refractivity contribution in [3.63, 3.8) is 0 Å². The van der Waals surface area contributed by atoms with Gasteiger partial charge in [-0.15, -0.1) is 0 Å². The van der Waals surface area contributed by atoms with E-state index in [2.05, 4.69) is 6.07 Å². The lowest BCUT2D eigenvalue weighted by Crippen LogP contribution is -2.51. The van der Waals surface area contributed by atoms with E-state index in [4.69, 9.17) is 5.26 Å². The molecule has 1 heterocycles. The summed E-state index contributed by atoms with van der Waals surface area (Å²) in [5, 5.41) is 18.2. The highest BCUT2D eigenvalue weighted by molar-refractivity contribution is 5.77. The number of carboxylic acid groups (broad SMARTS) is 1. The summed E-state index contributed by atoms with van der Waals surface area (Å²) >= 11 is 0. The number of nitrogens with zero attached hydrogens (tertiary/aromatic N) is 3. The van der Waals surface area contributed by atoms with Crippen molar-refractivity contribution < 1.29 is 14.7 Å². The van der Waals surface area contributed by atoms with Gasteiger partial charge in [-0.2, -0.15) is 5.26 Å². The first-order valence-corrected chi connectivity index (χ1v) is 7.50. The van der Waals surface area contributed by atoms with Crippen LogP contribution < -0.4 is 0 Å². The second-order valence-electron chi connectivity index (χ2n) is 5.93. The van der Waals surface area contributed by atoms with E-state index in [1.807, 2.05) is 13.8 Å². The number of carbonyl (C=O) groups excluding carboxylic acids is 1. The minimum atomic E-state index is -0.748. The molecule has 1 N–H and O–H groups in total. The SMILES string of the molecule is CCCC1(C(=O)O)CCN(C(=O)N(C)C(C)CC#N)CC1. The normalized spacial score (nSPS) is 18.7. The Morgan fingerprint density at radius 1 is 1.43 bits per heavy atom. The first-order chi connectivity index (χ1) is 9.88. The van der Waals surface area contributed by atoms with Crippen LogP contribution in [0, 0.1) is 16.7 Å². The third kappa shape index (κ3) is 3.87. The molecule has 0 aromatic carbocycles. The number of hydrogen-bond acceptors (Lipinski definition) is 3. The van der Waals surface area contributed by atoms with Gasteiger partial charge in [-0.3, -0.25) is 4.79 Å². The van der Waals surface area contributed by atoms with Crippen LogP contribution in [0.25, 0.3) is 0 Å². The summed E-state index contributed by atoms with van der Waals surface area (Å²) in [6.07, 6.45) is 2.79. The molecule has 0 aliphatic carbocycles. The van der Waals surface area contributed by atoms with Gasteiger partial charge in [0.25, 0.3) is 0 Å². The molecule has 0 aromatic heterocycles. The van der Waals surface area contributed by atoms with Crippen molar-refractivity contribution in [3.05, 3.63) is 0 Å². The molecule has 6 nitrogen and oxygen atoms in total. The van der Waals surface area contributed by atoms with Crippen LogP contribution in [0.5, 0.6) is 0 Å². The molecule has 21 heavy (non-hydrogen) atoms. The molecule has 2 amide bonds. The Balaban J connectivity index is 2.65. The second-order valence-corrected chi connectivity index (χ2v) is 5.93. The summed E-state index contributed by atoms with van der Waals surface area (Å²) in [4.78, 5) is 27.1. The maximum absolute atomic E-state index is 12.3. The number of urea groups is 1. The fourth-order valence-corrected chi connectivity index (χ4v) is 2.86. The van der Waals surface area contributed by atoms with E-state index in [0.717, 1.165) is 6.42 Å². The van der Waals surface area contributed by atoms with E-state index in [-0.39, 0.29) is 12.1 Å². The number of carboxylic acids is 1. The highest BCUT2D eigenvalue weighted by Gasteiger charge is 2.42. The monoisotopic (exact) mass is 295 g/mol. The average molecular weight is 295 g/mol. The Kier molecular flexibility index (Phi) is 6.01. The summed E-state index contributed by atoms with van der Waals surface area (Å²) < 4.78 is 0. The van der Waals surface area contributed by atoms with Crippen LogP contribution in [0.2, 0.25) is 0 Å². The first-order valence-electron chi connectivity index (χ1n) is 7.50. The molecule has 0 spiro atoms. The minimum Gasteiger partial charge on any atom is -0.481 e. The number of piperidine rings is 1. The molecule has 1 aliphatic heterocycles. The second kappa shape index (κ2) is 7.30. The average Bonchev–Trinajstić information content (AvgIpc) is 2.46. The van der Waals surface area contributed by atoms with Gasteiger partial charge in [0.05, 0.1) is 17.9 Å². The van der Waals surface area contributed by atoms with Gasteiger partial charge < -0.3 is 14.9 Å². The van der Waals surface area contributed by atoms with Crippen molar-refractivity contribution in [3.8, 4) is 6.07 Å². The molecular formula is C15H25N3O3. The Morgan fingerprint density at radius 3 is 2.43 bits per heavy atom. The molecule has 1 unspecified atom stereocenters. The van der Waals surface area contributed by atoms with Gasteiger partial charge in [0.1, 0.15) is 0 Å². The maximum atomic E-state index is 12.3. The molecular weight excluding hydrogens is 270 g/mol. The van der Waals surface area contributed by atoms with Gasteiger partial charge >= 0.3 is 12.0 Å². The van der Waals surface area contributed by atoms with Crippen LogP contribution in [0.1, 0.15) is 46.0 Å². The van der Waals surface area contributed by atoms with Gasteiger partial charge in [-0.25, -0.2) is 4.79 Å². The minimum absolute atomic E-state index is 0.117. The van der Waals surface area contributed by atoms with Crippen molar-refractivity contribution in [2.75, 3.05) is 20.1 Å². The number of carbonyl (C=O) groups is 2. The molecule has 1 rings (SSSR count). The van der Waals surface area contributed by atoms with Crippen LogP contribution in [0.15, 0.2) is 0 Å². The first kappa shape index (κ1) is 17.3. The third-order valence-corrected chi connectivity index (χ3v) is 4.52.